The second kappa shape index (κ2) is 10.6. The van der Waals surface area contributed by atoms with Gasteiger partial charge in [-0.05, 0) is 48.9 Å². The first-order chi connectivity index (χ1) is 15.6. The second-order valence-electron chi connectivity index (χ2n) is 8.24. The van der Waals surface area contributed by atoms with Gasteiger partial charge in [-0.1, -0.05) is 32.4 Å². The summed E-state index contributed by atoms with van der Waals surface area (Å²) in [6.45, 7) is 6.45. The Hall–Kier alpha value is -2.56. The standard InChI is InChI=1S/C23H29N3O5S2/c1-5-14(2)12-18-15(3)32-22-20(18)21(27)25-19(26-22)13-31-23(28)17-8-6-16(7-9-17)10-11-24-33(4,29)30/h6-9,14,24H,5,10-13H2,1-4H3,(H,25,26,27)/t14-/m0/s1. The van der Waals surface area contributed by atoms with Gasteiger partial charge in [0.15, 0.2) is 0 Å². The molecule has 33 heavy (non-hydrogen) atoms. The largest absolute Gasteiger partial charge is 0.454 e. The Morgan fingerprint density at radius 2 is 1.97 bits per heavy atom. The summed E-state index contributed by atoms with van der Waals surface area (Å²) in [5, 5.41) is 0.633. The molecule has 0 aliphatic rings. The Labute approximate surface area is 197 Å². The van der Waals surface area contributed by atoms with E-state index in [-0.39, 0.29) is 18.7 Å². The van der Waals surface area contributed by atoms with Crippen LogP contribution in [0.2, 0.25) is 0 Å². The molecule has 0 aliphatic carbocycles. The molecule has 0 bridgehead atoms. The van der Waals surface area contributed by atoms with E-state index in [1.807, 2.05) is 6.92 Å². The highest BCUT2D eigenvalue weighted by atomic mass is 32.2. The van der Waals surface area contributed by atoms with Crippen LogP contribution in [-0.2, 0) is 34.2 Å². The molecule has 0 saturated heterocycles. The topological polar surface area (TPSA) is 118 Å². The number of aryl methyl sites for hydroxylation is 1. The molecular weight excluding hydrogens is 462 g/mol. The fourth-order valence-corrected chi connectivity index (χ4v) is 4.98. The zero-order valence-corrected chi connectivity index (χ0v) is 20.9. The van der Waals surface area contributed by atoms with Crippen molar-refractivity contribution < 1.29 is 17.9 Å². The number of nitrogens with zero attached hydrogens (tertiary/aromatic N) is 1. The number of aromatic amines is 1. The Bertz CT molecular complexity index is 1290. The Morgan fingerprint density at radius 3 is 2.61 bits per heavy atom. The van der Waals surface area contributed by atoms with Gasteiger partial charge in [-0.2, -0.15) is 0 Å². The number of nitrogens with one attached hydrogen (secondary N) is 2. The van der Waals surface area contributed by atoms with E-state index in [2.05, 4.69) is 28.5 Å². The van der Waals surface area contributed by atoms with Gasteiger partial charge in [0.1, 0.15) is 17.3 Å². The minimum Gasteiger partial charge on any atom is -0.454 e. The van der Waals surface area contributed by atoms with E-state index in [0.29, 0.717) is 33.9 Å². The maximum Gasteiger partial charge on any atom is 0.338 e. The lowest BCUT2D eigenvalue weighted by Gasteiger charge is -2.08. The molecule has 10 heteroatoms. The maximum atomic E-state index is 12.7. The highest BCUT2D eigenvalue weighted by Gasteiger charge is 2.17. The van der Waals surface area contributed by atoms with Gasteiger partial charge in [-0.15, -0.1) is 11.3 Å². The summed E-state index contributed by atoms with van der Waals surface area (Å²) in [4.78, 5) is 34.2. The molecular formula is C23H29N3O5S2. The van der Waals surface area contributed by atoms with Crippen LogP contribution in [0.15, 0.2) is 29.1 Å². The van der Waals surface area contributed by atoms with Crippen molar-refractivity contribution in [2.75, 3.05) is 12.8 Å². The van der Waals surface area contributed by atoms with Crippen LogP contribution in [0.25, 0.3) is 10.2 Å². The number of rotatable bonds is 10. The molecule has 3 rings (SSSR count). The number of hydrogen-bond donors (Lipinski definition) is 2. The fraction of sp³-hybridized carbons (Fsp3) is 0.435. The fourth-order valence-electron chi connectivity index (χ4n) is 3.43. The van der Waals surface area contributed by atoms with Gasteiger partial charge in [0.25, 0.3) is 5.56 Å². The summed E-state index contributed by atoms with van der Waals surface area (Å²) in [7, 11) is -3.23. The van der Waals surface area contributed by atoms with Crippen LogP contribution < -0.4 is 10.3 Å². The number of ether oxygens (including phenoxy) is 1. The summed E-state index contributed by atoms with van der Waals surface area (Å²) in [6.07, 6.45) is 3.49. The molecule has 8 nitrogen and oxygen atoms in total. The third kappa shape index (κ3) is 6.72. The zero-order valence-electron chi connectivity index (χ0n) is 19.2. The predicted molar refractivity (Wildman–Crippen MR) is 130 cm³/mol. The molecule has 178 valence electrons. The monoisotopic (exact) mass is 491 g/mol. The molecule has 0 amide bonds. The van der Waals surface area contributed by atoms with Crippen molar-refractivity contribution in [3.63, 3.8) is 0 Å². The number of H-pyrrole nitrogens is 1. The number of aromatic nitrogens is 2. The minimum absolute atomic E-state index is 0.137. The van der Waals surface area contributed by atoms with Crippen LogP contribution in [0.3, 0.4) is 0 Å². The van der Waals surface area contributed by atoms with Gasteiger partial charge < -0.3 is 9.72 Å². The van der Waals surface area contributed by atoms with Gasteiger partial charge in [-0.3, -0.25) is 4.79 Å². The maximum absolute atomic E-state index is 12.7. The smallest absolute Gasteiger partial charge is 0.338 e. The zero-order chi connectivity index (χ0) is 24.2. The van der Waals surface area contributed by atoms with Crippen molar-refractivity contribution in [2.45, 2.75) is 46.6 Å². The number of thiophene rings is 1. The van der Waals surface area contributed by atoms with Crippen LogP contribution in [0, 0.1) is 12.8 Å². The van der Waals surface area contributed by atoms with Crippen molar-refractivity contribution in [3.05, 3.63) is 62.0 Å². The Kier molecular flexibility index (Phi) is 8.04. The Balaban J connectivity index is 1.65. The molecule has 2 N–H and O–H groups in total. The summed E-state index contributed by atoms with van der Waals surface area (Å²) in [5.74, 6) is 0.253. The minimum atomic E-state index is -3.23. The van der Waals surface area contributed by atoms with Gasteiger partial charge in [0.05, 0.1) is 17.2 Å². The third-order valence-corrected chi connectivity index (χ3v) is 7.24. The average Bonchev–Trinajstić information content (AvgIpc) is 3.06. The van der Waals surface area contributed by atoms with E-state index in [4.69, 9.17) is 4.74 Å². The second-order valence-corrected chi connectivity index (χ2v) is 11.3. The lowest BCUT2D eigenvalue weighted by atomic mass is 9.98. The van der Waals surface area contributed by atoms with E-state index >= 15 is 0 Å². The van der Waals surface area contributed by atoms with E-state index in [0.717, 1.165) is 35.1 Å². The summed E-state index contributed by atoms with van der Waals surface area (Å²) in [5.41, 5.74) is 2.09. The molecule has 1 aromatic carbocycles. The first-order valence-electron chi connectivity index (χ1n) is 10.8. The molecule has 0 unspecified atom stereocenters. The molecule has 0 aliphatic heterocycles. The first-order valence-corrected chi connectivity index (χ1v) is 13.5. The lowest BCUT2D eigenvalue weighted by Crippen LogP contribution is -2.24. The highest BCUT2D eigenvalue weighted by molar-refractivity contribution is 7.88. The van der Waals surface area contributed by atoms with Crippen molar-refractivity contribution in [2.24, 2.45) is 5.92 Å². The summed E-state index contributed by atoms with van der Waals surface area (Å²) in [6, 6.07) is 6.75. The Morgan fingerprint density at radius 1 is 1.27 bits per heavy atom. The molecule has 0 fully saturated rings. The number of carbonyl (C=O) groups is 1. The average molecular weight is 492 g/mol. The van der Waals surface area contributed by atoms with Crippen LogP contribution >= 0.6 is 11.3 Å². The number of sulfonamides is 1. The van der Waals surface area contributed by atoms with Crippen LogP contribution in [0.4, 0.5) is 0 Å². The number of hydrogen-bond acceptors (Lipinski definition) is 7. The molecule has 3 aromatic rings. The molecule has 0 saturated carbocycles. The van der Waals surface area contributed by atoms with Crippen LogP contribution in [0.5, 0.6) is 0 Å². The van der Waals surface area contributed by atoms with E-state index in [9.17, 15) is 18.0 Å². The molecule has 0 radical (unpaired) electrons. The number of benzene rings is 1. The van der Waals surface area contributed by atoms with Gasteiger partial charge in [0.2, 0.25) is 10.0 Å². The quantitative estimate of drug-likeness (QED) is 0.420. The number of fused-ring (bicyclic) bond motifs is 1. The van der Waals surface area contributed by atoms with Crippen molar-refractivity contribution in [1.82, 2.24) is 14.7 Å². The normalized spacial score (nSPS) is 12.7. The van der Waals surface area contributed by atoms with E-state index in [1.54, 1.807) is 24.3 Å². The van der Waals surface area contributed by atoms with Crippen molar-refractivity contribution in [3.8, 4) is 0 Å². The predicted octanol–water partition coefficient (Wildman–Crippen LogP) is 3.33. The van der Waals surface area contributed by atoms with Crippen LogP contribution in [0.1, 0.15) is 52.5 Å². The van der Waals surface area contributed by atoms with Gasteiger partial charge in [0, 0.05) is 11.4 Å². The van der Waals surface area contributed by atoms with E-state index in [1.165, 1.54) is 11.3 Å². The summed E-state index contributed by atoms with van der Waals surface area (Å²) < 4.78 is 30.0. The number of esters is 1. The summed E-state index contributed by atoms with van der Waals surface area (Å²) >= 11 is 1.49. The third-order valence-electron chi connectivity index (χ3n) is 5.47. The van der Waals surface area contributed by atoms with Gasteiger partial charge >= 0.3 is 5.97 Å². The van der Waals surface area contributed by atoms with E-state index < -0.39 is 16.0 Å². The van der Waals surface area contributed by atoms with Gasteiger partial charge in [-0.25, -0.2) is 22.9 Å². The van der Waals surface area contributed by atoms with Crippen molar-refractivity contribution >= 4 is 37.5 Å². The highest BCUT2D eigenvalue weighted by Crippen LogP contribution is 2.29. The lowest BCUT2D eigenvalue weighted by molar-refractivity contribution is 0.0462. The first kappa shape index (κ1) is 25.1. The van der Waals surface area contributed by atoms with Crippen LogP contribution in [-0.4, -0.2) is 37.2 Å². The molecule has 2 aromatic heterocycles. The molecule has 0 spiro atoms. The van der Waals surface area contributed by atoms with Crippen molar-refractivity contribution in [1.29, 1.82) is 0 Å². The molecule has 2 heterocycles. The SMILES string of the molecule is CC[C@H](C)Cc1c(C)sc2nc(COC(=O)c3ccc(CCNS(C)(=O)=O)cc3)[nH]c(=O)c12. The molecule has 1 atom stereocenters. The number of carbonyl (C=O) groups excluding carboxylic acids is 1.